The third-order valence-corrected chi connectivity index (χ3v) is 2.00. The number of ether oxygens (including phenoxy) is 1. The lowest BCUT2D eigenvalue weighted by Gasteiger charge is -2.33. The minimum Gasteiger partial charge on any atom is -0.356 e. The predicted molar refractivity (Wildman–Crippen MR) is 46.7 cm³/mol. The number of allylic oxidation sites excluding steroid dienone is 2. The van der Waals surface area contributed by atoms with E-state index in [1.165, 1.54) is 12.2 Å². The van der Waals surface area contributed by atoms with Gasteiger partial charge in [0.1, 0.15) is 0 Å². The number of methoxy groups -OCH3 is 1. The first-order valence-corrected chi connectivity index (χ1v) is 3.76. The van der Waals surface area contributed by atoms with Crippen LogP contribution in [0.15, 0.2) is 24.3 Å². The van der Waals surface area contributed by atoms with Crippen LogP contribution in [0.5, 0.6) is 0 Å². The maximum absolute atomic E-state index is 10.8. The maximum Gasteiger partial charge on any atom is 0.178 e. The number of hydrogen-bond acceptors (Lipinski definition) is 3. The van der Waals surface area contributed by atoms with Crippen molar-refractivity contribution in [1.29, 1.82) is 0 Å². The molecular weight excluding hydrogens is 154 g/mol. The highest BCUT2D eigenvalue weighted by atomic mass is 16.5. The standard InChI is InChI=1S/C9H13NO2/c1-10(2)9(12-3)6-4-8(11)5-7-9/h4-7H,1-3H3. The monoisotopic (exact) mass is 167 g/mol. The van der Waals surface area contributed by atoms with Gasteiger partial charge in [0.2, 0.25) is 0 Å². The zero-order valence-electron chi connectivity index (χ0n) is 7.57. The molecule has 0 radical (unpaired) electrons. The lowest BCUT2D eigenvalue weighted by atomic mass is 10.1. The molecular formula is C9H13NO2. The van der Waals surface area contributed by atoms with Crippen LogP contribution in [-0.4, -0.2) is 37.6 Å². The van der Waals surface area contributed by atoms with Crippen molar-refractivity contribution in [2.24, 2.45) is 0 Å². The fourth-order valence-electron chi connectivity index (χ4n) is 1.13. The Balaban J connectivity index is 2.91. The van der Waals surface area contributed by atoms with Crippen molar-refractivity contribution >= 4 is 5.78 Å². The fraction of sp³-hybridized carbons (Fsp3) is 0.444. The minimum absolute atomic E-state index is 0.00419. The van der Waals surface area contributed by atoms with Crippen LogP contribution in [0.1, 0.15) is 0 Å². The summed E-state index contributed by atoms with van der Waals surface area (Å²) in [6.07, 6.45) is 6.53. The summed E-state index contributed by atoms with van der Waals surface area (Å²) in [7, 11) is 5.41. The van der Waals surface area contributed by atoms with Crippen molar-refractivity contribution < 1.29 is 9.53 Å². The molecule has 0 aromatic carbocycles. The second-order valence-electron chi connectivity index (χ2n) is 2.92. The zero-order chi connectivity index (χ0) is 9.19. The normalized spacial score (nSPS) is 20.5. The van der Waals surface area contributed by atoms with Gasteiger partial charge in [-0.15, -0.1) is 0 Å². The second kappa shape index (κ2) is 3.21. The van der Waals surface area contributed by atoms with Crippen LogP contribution in [0, 0.1) is 0 Å². The zero-order valence-corrected chi connectivity index (χ0v) is 7.57. The van der Waals surface area contributed by atoms with E-state index in [4.69, 9.17) is 4.74 Å². The van der Waals surface area contributed by atoms with Gasteiger partial charge in [-0.2, -0.15) is 0 Å². The van der Waals surface area contributed by atoms with Crippen LogP contribution < -0.4 is 0 Å². The van der Waals surface area contributed by atoms with Crippen molar-refractivity contribution in [2.45, 2.75) is 5.72 Å². The molecule has 1 rings (SSSR count). The van der Waals surface area contributed by atoms with Gasteiger partial charge in [-0.05, 0) is 38.4 Å². The molecule has 0 saturated carbocycles. The molecule has 3 heteroatoms. The van der Waals surface area contributed by atoms with Gasteiger partial charge in [-0.1, -0.05) is 0 Å². The number of carbonyl (C=O) groups excluding carboxylic acids is 1. The number of ketones is 1. The van der Waals surface area contributed by atoms with E-state index >= 15 is 0 Å². The Bertz CT molecular complexity index is 225. The molecule has 0 bridgehead atoms. The summed E-state index contributed by atoms with van der Waals surface area (Å²) in [6.45, 7) is 0. The number of likely N-dealkylation sites (N-methyl/N-ethyl adjacent to an activating group) is 1. The van der Waals surface area contributed by atoms with E-state index in [1.807, 2.05) is 19.0 Å². The second-order valence-corrected chi connectivity index (χ2v) is 2.92. The van der Waals surface area contributed by atoms with E-state index in [-0.39, 0.29) is 5.78 Å². The molecule has 0 fully saturated rings. The van der Waals surface area contributed by atoms with Crippen LogP contribution in [0.2, 0.25) is 0 Å². The van der Waals surface area contributed by atoms with Crippen molar-refractivity contribution in [3.8, 4) is 0 Å². The Morgan fingerprint density at radius 2 is 1.83 bits per heavy atom. The third kappa shape index (κ3) is 1.47. The molecule has 12 heavy (non-hydrogen) atoms. The highest BCUT2D eigenvalue weighted by Gasteiger charge is 2.28. The summed E-state index contributed by atoms with van der Waals surface area (Å²) >= 11 is 0. The largest absolute Gasteiger partial charge is 0.356 e. The molecule has 0 aromatic rings. The molecule has 0 saturated heterocycles. The number of nitrogens with zero attached hydrogens (tertiary/aromatic N) is 1. The highest BCUT2D eigenvalue weighted by molar-refractivity contribution is 6.00. The van der Waals surface area contributed by atoms with Gasteiger partial charge in [-0.3, -0.25) is 9.69 Å². The summed E-state index contributed by atoms with van der Waals surface area (Å²) in [5, 5.41) is 0. The number of rotatable bonds is 2. The summed E-state index contributed by atoms with van der Waals surface area (Å²) < 4.78 is 5.29. The molecule has 0 amide bonds. The molecule has 0 aliphatic heterocycles. The number of hydrogen-bond donors (Lipinski definition) is 0. The van der Waals surface area contributed by atoms with Gasteiger partial charge >= 0.3 is 0 Å². The lowest BCUT2D eigenvalue weighted by molar-refractivity contribution is -0.111. The van der Waals surface area contributed by atoms with Gasteiger partial charge in [0.05, 0.1) is 0 Å². The van der Waals surface area contributed by atoms with Crippen LogP contribution in [-0.2, 0) is 9.53 Å². The molecule has 66 valence electrons. The van der Waals surface area contributed by atoms with E-state index in [9.17, 15) is 4.79 Å². The van der Waals surface area contributed by atoms with E-state index < -0.39 is 5.72 Å². The van der Waals surface area contributed by atoms with Gasteiger partial charge in [0.25, 0.3) is 0 Å². The van der Waals surface area contributed by atoms with Crippen molar-refractivity contribution in [3.05, 3.63) is 24.3 Å². The van der Waals surface area contributed by atoms with Gasteiger partial charge in [0, 0.05) is 7.11 Å². The van der Waals surface area contributed by atoms with Gasteiger partial charge < -0.3 is 4.74 Å². The maximum atomic E-state index is 10.8. The quantitative estimate of drug-likeness (QED) is 0.564. The van der Waals surface area contributed by atoms with E-state index in [1.54, 1.807) is 19.3 Å². The first-order chi connectivity index (χ1) is 5.60. The van der Waals surface area contributed by atoms with Gasteiger partial charge in [0.15, 0.2) is 11.5 Å². The molecule has 0 unspecified atom stereocenters. The summed E-state index contributed by atoms with van der Waals surface area (Å²) in [5.74, 6) is 0.00419. The van der Waals surface area contributed by atoms with Crippen LogP contribution in [0.3, 0.4) is 0 Å². The highest BCUT2D eigenvalue weighted by Crippen LogP contribution is 2.19. The Labute approximate surface area is 72.3 Å². The molecule has 0 N–H and O–H groups in total. The fourth-order valence-corrected chi connectivity index (χ4v) is 1.13. The number of carbonyl (C=O) groups is 1. The van der Waals surface area contributed by atoms with Crippen LogP contribution >= 0.6 is 0 Å². The average Bonchev–Trinajstić information content (AvgIpc) is 2.06. The predicted octanol–water partition coefficient (Wildman–Crippen LogP) is 0.586. The van der Waals surface area contributed by atoms with E-state index in [2.05, 4.69) is 0 Å². The summed E-state index contributed by atoms with van der Waals surface area (Å²) in [4.78, 5) is 12.7. The Morgan fingerprint density at radius 3 is 2.17 bits per heavy atom. The minimum atomic E-state index is -0.548. The smallest absolute Gasteiger partial charge is 0.178 e. The van der Waals surface area contributed by atoms with E-state index in [0.29, 0.717) is 0 Å². The van der Waals surface area contributed by atoms with Crippen LogP contribution in [0.4, 0.5) is 0 Å². The molecule has 0 heterocycles. The van der Waals surface area contributed by atoms with Crippen molar-refractivity contribution in [3.63, 3.8) is 0 Å². The van der Waals surface area contributed by atoms with E-state index in [0.717, 1.165) is 0 Å². The first-order valence-electron chi connectivity index (χ1n) is 3.76. The summed E-state index contributed by atoms with van der Waals surface area (Å²) in [5.41, 5.74) is -0.548. The molecule has 0 atom stereocenters. The third-order valence-electron chi connectivity index (χ3n) is 2.00. The molecule has 1 aliphatic carbocycles. The summed E-state index contributed by atoms with van der Waals surface area (Å²) in [6, 6.07) is 0. The SMILES string of the molecule is COC1(N(C)C)C=CC(=O)C=C1. The topological polar surface area (TPSA) is 29.5 Å². The Kier molecular flexibility index (Phi) is 2.45. The molecule has 1 aliphatic rings. The molecule has 0 spiro atoms. The Morgan fingerprint density at radius 1 is 1.33 bits per heavy atom. The van der Waals surface area contributed by atoms with Crippen molar-refractivity contribution in [2.75, 3.05) is 21.2 Å². The molecule has 0 aromatic heterocycles. The first kappa shape index (κ1) is 9.16. The van der Waals surface area contributed by atoms with Crippen LogP contribution in [0.25, 0.3) is 0 Å². The van der Waals surface area contributed by atoms with Gasteiger partial charge in [-0.25, -0.2) is 0 Å². The average molecular weight is 167 g/mol. The Hall–Kier alpha value is -0.930. The molecule has 3 nitrogen and oxygen atoms in total. The lowest BCUT2D eigenvalue weighted by Crippen LogP contribution is -2.43. The van der Waals surface area contributed by atoms with Crippen molar-refractivity contribution in [1.82, 2.24) is 4.90 Å².